The molecule has 2 heterocycles. The Hall–Kier alpha value is -1.35. The molecule has 29 heavy (non-hydrogen) atoms. The first-order valence-electron chi connectivity index (χ1n) is 10.4. The molecule has 3 unspecified atom stereocenters. The van der Waals surface area contributed by atoms with Crippen LogP contribution in [0.2, 0.25) is 0 Å². The highest BCUT2D eigenvalue weighted by Crippen LogP contribution is 2.24. The van der Waals surface area contributed by atoms with Gasteiger partial charge in [-0.1, -0.05) is 31.2 Å². The first-order chi connectivity index (χ1) is 13.5. The second-order valence-corrected chi connectivity index (χ2v) is 8.04. The molecule has 1 saturated heterocycles. The van der Waals surface area contributed by atoms with Gasteiger partial charge in [0, 0.05) is 38.8 Å². The highest BCUT2D eigenvalue weighted by Gasteiger charge is 2.37. The summed E-state index contributed by atoms with van der Waals surface area (Å²) in [6, 6.07) is 9.11. The minimum atomic E-state index is -0.119. The monoisotopic (exact) mass is 514 g/mol. The van der Waals surface area contributed by atoms with Crippen LogP contribution >= 0.6 is 24.0 Å². The van der Waals surface area contributed by atoms with Crippen LogP contribution in [-0.4, -0.2) is 67.6 Å². The number of fused-ring (bicyclic) bond motifs is 1. The van der Waals surface area contributed by atoms with Gasteiger partial charge in [-0.25, -0.2) is 0 Å². The molecule has 0 radical (unpaired) electrons. The van der Waals surface area contributed by atoms with Gasteiger partial charge in [0.05, 0.1) is 19.6 Å². The van der Waals surface area contributed by atoms with E-state index < -0.39 is 0 Å². The quantitative estimate of drug-likeness (QED) is 0.284. The summed E-state index contributed by atoms with van der Waals surface area (Å²) in [5.41, 5.74) is 2.91. The summed E-state index contributed by atoms with van der Waals surface area (Å²) in [7, 11) is 1.47. The molecule has 7 heteroatoms. The molecule has 2 aliphatic heterocycles. The molecule has 1 N–H and O–H groups in total. The van der Waals surface area contributed by atoms with Crippen LogP contribution in [0.1, 0.15) is 31.9 Å². The molecule has 2 aliphatic rings. The standard InChI is InChI=1S/C22H34N4O2.HI/c1-5-23-22(26-13-16(2)20(15-26)21(27)28-4)24-12-17(3)25-11-10-18-8-6-7-9-19(18)14-25;/h6-9,16-17,20H,5,10-15H2,1-4H3,(H,23,24);1H. The predicted octanol–water partition coefficient (Wildman–Crippen LogP) is 2.76. The molecular weight excluding hydrogens is 479 g/mol. The van der Waals surface area contributed by atoms with Crippen molar-refractivity contribution in [3.05, 3.63) is 35.4 Å². The van der Waals surface area contributed by atoms with Gasteiger partial charge >= 0.3 is 5.97 Å². The van der Waals surface area contributed by atoms with E-state index in [9.17, 15) is 4.79 Å². The van der Waals surface area contributed by atoms with E-state index in [0.29, 0.717) is 12.6 Å². The average Bonchev–Trinajstić information content (AvgIpc) is 3.11. The van der Waals surface area contributed by atoms with Crippen LogP contribution in [0.3, 0.4) is 0 Å². The predicted molar refractivity (Wildman–Crippen MR) is 128 cm³/mol. The van der Waals surface area contributed by atoms with Gasteiger partial charge in [-0.2, -0.15) is 0 Å². The van der Waals surface area contributed by atoms with Gasteiger partial charge < -0.3 is 15.0 Å². The first-order valence-corrected chi connectivity index (χ1v) is 10.4. The Morgan fingerprint density at radius 1 is 1.31 bits per heavy atom. The largest absolute Gasteiger partial charge is 0.469 e. The summed E-state index contributed by atoms with van der Waals surface area (Å²) in [5.74, 6) is 0.980. The Kier molecular flexibility index (Phi) is 9.20. The number of esters is 1. The van der Waals surface area contributed by atoms with Gasteiger partial charge in [-0.15, -0.1) is 24.0 Å². The maximum absolute atomic E-state index is 12.0. The second-order valence-electron chi connectivity index (χ2n) is 8.04. The number of carbonyl (C=O) groups is 1. The van der Waals surface area contributed by atoms with Gasteiger partial charge in [0.1, 0.15) is 0 Å². The van der Waals surface area contributed by atoms with E-state index in [1.807, 2.05) is 0 Å². The van der Waals surface area contributed by atoms with Crippen LogP contribution < -0.4 is 5.32 Å². The Morgan fingerprint density at radius 2 is 2.03 bits per heavy atom. The number of nitrogens with one attached hydrogen (secondary N) is 1. The van der Waals surface area contributed by atoms with Gasteiger partial charge in [-0.05, 0) is 37.3 Å². The number of likely N-dealkylation sites (tertiary alicyclic amines) is 1. The number of aliphatic imine (C=N–C) groups is 1. The van der Waals surface area contributed by atoms with E-state index in [-0.39, 0.29) is 41.8 Å². The molecule has 0 amide bonds. The minimum absolute atomic E-state index is 0. The fraction of sp³-hybridized carbons (Fsp3) is 0.636. The van der Waals surface area contributed by atoms with E-state index in [1.54, 1.807) is 0 Å². The molecule has 0 aromatic heterocycles. The van der Waals surface area contributed by atoms with E-state index >= 15 is 0 Å². The van der Waals surface area contributed by atoms with Crippen molar-refractivity contribution >= 4 is 35.9 Å². The van der Waals surface area contributed by atoms with Crippen LogP contribution in [0, 0.1) is 11.8 Å². The zero-order chi connectivity index (χ0) is 20.1. The van der Waals surface area contributed by atoms with Crippen LogP contribution in [0.15, 0.2) is 29.3 Å². The van der Waals surface area contributed by atoms with Crippen molar-refractivity contribution in [2.75, 3.05) is 39.8 Å². The summed E-state index contributed by atoms with van der Waals surface area (Å²) >= 11 is 0. The number of guanidine groups is 1. The lowest BCUT2D eigenvalue weighted by Gasteiger charge is -2.33. The van der Waals surface area contributed by atoms with Gasteiger partial charge in [0.25, 0.3) is 0 Å². The van der Waals surface area contributed by atoms with E-state index in [0.717, 1.165) is 45.1 Å². The third-order valence-corrected chi connectivity index (χ3v) is 6.04. The van der Waals surface area contributed by atoms with Gasteiger partial charge in [0.2, 0.25) is 0 Å². The first kappa shape index (κ1) is 23.9. The topological polar surface area (TPSA) is 57.2 Å². The van der Waals surface area contributed by atoms with Crippen LogP contribution in [-0.2, 0) is 22.5 Å². The summed E-state index contributed by atoms with van der Waals surface area (Å²) < 4.78 is 4.97. The third kappa shape index (κ3) is 5.84. The number of carbonyl (C=O) groups excluding carboxylic acids is 1. The van der Waals surface area contributed by atoms with E-state index in [1.165, 1.54) is 18.2 Å². The summed E-state index contributed by atoms with van der Waals surface area (Å²) in [4.78, 5) is 21.6. The van der Waals surface area contributed by atoms with Crippen LogP contribution in [0.4, 0.5) is 0 Å². The summed E-state index contributed by atoms with van der Waals surface area (Å²) in [6.07, 6.45) is 1.11. The summed E-state index contributed by atoms with van der Waals surface area (Å²) in [6.45, 7) is 11.6. The van der Waals surface area contributed by atoms with Crippen molar-refractivity contribution in [3.8, 4) is 0 Å². The number of benzene rings is 1. The number of hydrogen-bond acceptors (Lipinski definition) is 4. The molecule has 0 saturated carbocycles. The Labute approximate surface area is 192 Å². The number of rotatable bonds is 5. The van der Waals surface area contributed by atoms with Crippen molar-refractivity contribution in [3.63, 3.8) is 0 Å². The lowest BCUT2D eigenvalue weighted by Crippen LogP contribution is -2.43. The van der Waals surface area contributed by atoms with Crippen molar-refractivity contribution < 1.29 is 9.53 Å². The second kappa shape index (κ2) is 11.2. The molecule has 0 bridgehead atoms. The van der Waals surface area contributed by atoms with E-state index in [2.05, 4.69) is 60.2 Å². The highest BCUT2D eigenvalue weighted by atomic mass is 127. The fourth-order valence-corrected chi connectivity index (χ4v) is 4.25. The Bertz CT molecular complexity index is 712. The van der Waals surface area contributed by atoms with Crippen molar-refractivity contribution in [2.45, 2.75) is 39.8 Å². The highest BCUT2D eigenvalue weighted by molar-refractivity contribution is 14.0. The lowest BCUT2D eigenvalue weighted by atomic mass is 9.99. The van der Waals surface area contributed by atoms with Crippen LogP contribution in [0.25, 0.3) is 0 Å². The van der Waals surface area contributed by atoms with Crippen molar-refractivity contribution in [1.29, 1.82) is 0 Å². The number of ether oxygens (including phenoxy) is 1. The maximum atomic E-state index is 12.0. The number of methoxy groups -OCH3 is 1. The average molecular weight is 514 g/mol. The molecule has 3 rings (SSSR count). The molecule has 3 atom stereocenters. The molecule has 1 aromatic carbocycles. The number of halogens is 1. The number of hydrogen-bond donors (Lipinski definition) is 1. The molecule has 0 aliphatic carbocycles. The minimum Gasteiger partial charge on any atom is -0.469 e. The molecule has 162 valence electrons. The summed E-state index contributed by atoms with van der Waals surface area (Å²) in [5, 5.41) is 3.40. The van der Waals surface area contributed by atoms with E-state index in [4.69, 9.17) is 9.73 Å². The smallest absolute Gasteiger partial charge is 0.310 e. The number of nitrogens with zero attached hydrogens (tertiary/aromatic N) is 3. The SMILES string of the molecule is CCNC(=NCC(C)N1CCc2ccccc2C1)N1CC(C)C(C(=O)OC)C1.I. The van der Waals surface area contributed by atoms with Crippen LogP contribution in [0.5, 0.6) is 0 Å². The van der Waals surface area contributed by atoms with Gasteiger partial charge in [0.15, 0.2) is 5.96 Å². The zero-order valence-electron chi connectivity index (χ0n) is 18.1. The lowest BCUT2D eigenvalue weighted by molar-refractivity contribution is -0.145. The zero-order valence-corrected chi connectivity index (χ0v) is 20.4. The molecular formula is C22H35IN4O2. The Balaban J connectivity index is 0.00000300. The molecule has 1 aromatic rings. The Morgan fingerprint density at radius 3 is 2.72 bits per heavy atom. The normalized spacial score (nSPS) is 23.2. The van der Waals surface area contributed by atoms with Crippen molar-refractivity contribution in [1.82, 2.24) is 15.1 Å². The fourth-order valence-electron chi connectivity index (χ4n) is 4.25. The van der Waals surface area contributed by atoms with Crippen molar-refractivity contribution in [2.24, 2.45) is 16.8 Å². The van der Waals surface area contributed by atoms with Gasteiger partial charge in [-0.3, -0.25) is 14.7 Å². The molecule has 6 nitrogen and oxygen atoms in total. The molecule has 0 spiro atoms. The maximum Gasteiger partial charge on any atom is 0.310 e. The molecule has 1 fully saturated rings. The third-order valence-electron chi connectivity index (χ3n) is 6.04.